The number of benzene rings is 1. The van der Waals surface area contributed by atoms with Crippen LogP contribution in [0.1, 0.15) is 36.5 Å². The number of nitrogens with zero attached hydrogens (tertiary/aromatic N) is 4. The number of carbonyl (C=O) groups is 2. The Labute approximate surface area is 254 Å². The predicted octanol–water partition coefficient (Wildman–Crippen LogP) is 5.01. The lowest BCUT2D eigenvalue weighted by atomic mass is 10.1. The Morgan fingerprint density at radius 3 is 2.56 bits per heavy atom. The third-order valence-corrected chi connectivity index (χ3v) is 8.92. The van der Waals surface area contributed by atoms with Crippen LogP contribution in [0.5, 0.6) is 0 Å². The average molecular weight is 682 g/mol. The number of amides is 2. The van der Waals surface area contributed by atoms with Crippen LogP contribution in [0.15, 0.2) is 69.5 Å². The number of nitrogens with one attached hydrogen (secondary N) is 2. The third kappa shape index (κ3) is 6.64. The van der Waals surface area contributed by atoms with Crippen molar-refractivity contribution >= 4 is 78.5 Å². The second-order valence-electron chi connectivity index (χ2n) is 9.49. The molecule has 5 rings (SSSR count). The van der Waals surface area contributed by atoms with Crippen LogP contribution in [0.25, 0.3) is 0 Å². The zero-order valence-electron chi connectivity index (χ0n) is 21.4. The van der Waals surface area contributed by atoms with E-state index >= 15 is 0 Å². The molecule has 2 atom stereocenters. The van der Waals surface area contributed by atoms with Gasteiger partial charge in [-0.25, -0.2) is 9.99 Å². The lowest BCUT2D eigenvalue weighted by Gasteiger charge is -2.23. The van der Waals surface area contributed by atoms with Crippen LogP contribution in [0.3, 0.4) is 0 Å². The van der Waals surface area contributed by atoms with Gasteiger partial charge < -0.3 is 14.8 Å². The highest BCUT2D eigenvalue weighted by molar-refractivity contribution is 9.10. The smallest absolute Gasteiger partial charge is 0.340 e. The van der Waals surface area contributed by atoms with Crippen LogP contribution >= 0.6 is 39.1 Å². The normalized spacial score (nSPS) is 17.5. The first-order valence-electron chi connectivity index (χ1n) is 12.5. The Bertz CT molecular complexity index is 1640. The second kappa shape index (κ2) is 11.9. The first-order valence-corrected chi connectivity index (χ1v) is 15.4. The lowest BCUT2D eigenvalue weighted by molar-refractivity contribution is -0.117. The molecule has 3 aromatic rings. The first-order chi connectivity index (χ1) is 19.5. The summed E-state index contributed by atoms with van der Waals surface area (Å²) in [6, 6.07) is 7.54. The van der Waals surface area contributed by atoms with Crippen molar-refractivity contribution in [2.24, 2.45) is 11.0 Å². The molecule has 2 N–H and O–H groups in total. The minimum Gasteiger partial charge on any atom is -0.361 e. The van der Waals surface area contributed by atoms with Crippen LogP contribution in [0, 0.1) is 5.92 Å². The van der Waals surface area contributed by atoms with Crippen molar-refractivity contribution in [3.63, 3.8) is 0 Å². The van der Waals surface area contributed by atoms with E-state index in [1.807, 2.05) is 6.92 Å². The third-order valence-electron chi connectivity index (χ3n) is 6.52. The number of carbonyl (C=O) groups excluding carboxylic acids is 2. The molecule has 0 saturated heterocycles. The molecule has 11 nitrogen and oxygen atoms in total. The molecule has 41 heavy (non-hydrogen) atoms. The Kier molecular flexibility index (Phi) is 8.50. The van der Waals surface area contributed by atoms with E-state index in [0.717, 1.165) is 12.8 Å². The molecule has 0 bridgehead atoms. The highest BCUT2D eigenvalue weighted by Crippen LogP contribution is 2.35. The first kappa shape index (κ1) is 29.2. The van der Waals surface area contributed by atoms with Crippen molar-refractivity contribution in [3.8, 4) is 0 Å². The van der Waals surface area contributed by atoms with E-state index < -0.39 is 28.0 Å². The molecule has 2 amide bonds. The maximum Gasteiger partial charge on any atom is 0.340 e. The van der Waals surface area contributed by atoms with Crippen LogP contribution in [0.4, 0.5) is 11.5 Å². The second-order valence-corrected chi connectivity index (χ2v) is 12.7. The summed E-state index contributed by atoms with van der Waals surface area (Å²) in [6.45, 7) is 1.93. The lowest BCUT2D eigenvalue weighted by Crippen LogP contribution is -2.40. The van der Waals surface area contributed by atoms with Crippen molar-refractivity contribution in [1.82, 2.24) is 15.3 Å². The zero-order chi connectivity index (χ0) is 29.3. The summed E-state index contributed by atoms with van der Waals surface area (Å²) >= 11 is 16.0. The largest absolute Gasteiger partial charge is 0.361 e. The SMILES string of the molecule is CC(NC(=O)c1cc(Cl)cc(Br)c1NC(=O)C1CC(OS(=O)(=O)c2ccncc2)=NN1c1ncccc1Cl)C1CC1. The standard InChI is InChI=1S/C26H23BrCl2N6O5S/c1-14(15-4-5-15)32-25(36)18-11-16(28)12-19(27)23(18)33-26(37)21-13-22(34-35(21)24-20(29)3-2-8-31-24)40-41(38,39)17-6-9-30-10-7-17/h2-3,6-12,14-15,21H,4-5,13H2,1H3,(H,32,36)(H,33,37). The number of hydrogen-bond acceptors (Lipinski definition) is 9. The number of halogens is 3. The van der Waals surface area contributed by atoms with Crippen molar-refractivity contribution in [2.45, 2.75) is 43.2 Å². The molecule has 2 aromatic heterocycles. The topological polar surface area (TPSA) is 143 Å². The summed E-state index contributed by atoms with van der Waals surface area (Å²) in [4.78, 5) is 34.8. The molecule has 214 valence electrons. The minimum absolute atomic E-state index is 0.0455. The van der Waals surface area contributed by atoms with Gasteiger partial charge in [0.2, 0.25) is 11.8 Å². The van der Waals surface area contributed by atoms with Gasteiger partial charge >= 0.3 is 10.1 Å². The number of hydrogen-bond donors (Lipinski definition) is 2. The molecule has 1 aromatic carbocycles. The summed E-state index contributed by atoms with van der Waals surface area (Å²) in [5.74, 6) is -0.755. The van der Waals surface area contributed by atoms with Gasteiger partial charge in [-0.05, 0) is 78.0 Å². The fourth-order valence-corrected chi connectivity index (χ4v) is 6.27. The molecule has 1 aliphatic heterocycles. The van der Waals surface area contributed by atoms with Crippen molar-refractivity contribution in [1.29, 1.82) is 0 Å². The van der Waals surface area contributed by atoms with Gasteiger partial charge in [0, 0.05) is 34.1 Å². The van der Waals surface area contributed by atoms with Gasteiger partial charge in [-0.3, -0.25) is 14.6 Å². The molecule has 0 radical (unpaired) electrons. The van der Waals surface area contributed by atoms with Crippen molar-refractivity contribution in [2.75, 3.05) is 10.3 Å². The number of rotatable bonds is 8. The van der Waals surface area contributed by atoms with Gasteiger partial charge in [-0.1, -0.05) is 23.2 Å². The monoisotopic (exact) mass is 680 g/mol. The van der Waals surface area contributed by atoms with Crippen LogP contribution in [-0.4, -0.2) is 48.2 Å². The Morgan fingerprint density at radius 1 is 1.15 bits per heavy atom. The van der Waals surface area contributed by atoms with Gasteiger partial charge in [-0.2, -0.15) is 8.42 Å². The number of hydrazone groups is 1. The number of anilines is 2. The van der Waals surface area contributed by atoms with Crippen LogP contribution < -0.4 is 15.6 Å². The summed E-state index contributed by atoms with van der Waals surface area (Å²) < 4.78 is 31.4. The molecule has 2 unspecified atom stereocenters. The van der Waals surface area contributed by atoms with E-state index in [4.69, 9.17) is 27.4 Å². The van der Waals surface area contributed by atoms with E-state index in [2.05, 4.69) is 41.6 Å². The minimum atomic E-state index is -4.27. The summed E-state index contributed by atoms with van der Waals surface area (Å²) in [6.07, 6.45) is 5.92. The number of aromatic nitrogens is 2. The fraction of sp³-hybridized carbons (Fsp3) is 0.269. The molecule has 1 aliphatic carbocycles. The van der Waals surface area contributed by atoms with Gasteiger partial charge in [-0.15, -0.1) is 5.10 Å². The molecule has 15 heteroatoms. The van der Waals surface area contributed by atoms with Crippen molar-refractivity contribution in [3.05, 3.63) is 75.1 Å². The Hall–Kier alpha value is -3.26. The van der Waals surface area contributed by atoms with E-state index in [-0.39, 0.29) is 45.3 Å². The van der Waals surface area contributed by atoms with Crippen LogP contribution in [0.2, 0.25) is 10.0 Å². The van der Waals surface area contributed by atoms with Gasteiger partial charge in [0.1, 0.15) is 10.9 Å². The van der Waals surface area contributed by atoms with E-state index in [1.165, 1.54) is 41.8 Å². The van der Waals surface area contributed by atoms with Gasteiger partial charge in [0.25, 0.3) is 5.91 Å². The van der Waals surface area contributed by atoms with Gasteiger partial charge in [0.05, 0.1) is 22.7 Å². The molecule has 2 aliphatic rings. The summed E-state index contributed by atoms with van der Waals surface area (Å²) in [7, 11) is -4.27. The highest BCUT2D eigenvalue weighted by Gasteiger charge is 2.39. The highest BCUT2D eigenvalue weighted by atomic mass is 79.9. The molecular formula is C26H23BrCl2N6O5S. The van der Waals surface area contributed by atoms with E-state index in [0.29, 0.717) is 15.4 Å². The van der Waals surface area contributed by atoms with Crippen LogP contribution in [-0.2, 0) is 19.1 Å². The van der Waals surface area contributed by atoms with E-state index in [1.54, 1.807) is 18.2 Å². The van der Waals surface area contributed by atoms with Crippen molar-refractivity contribution < 1.29 is 22.2 Å². The Morgan fingerprint density at radius 2 is 1.88 bits per heavy atom. The van der Waals surface area contributed by atoms with E-state index in [9.17, 15) is 18.0 Å². The maximum atomic E-state index is 13.7. The average Bonchev–Trinajstić information content (AvgIpc) is 3.71. The van der Waals surface area contributed by atoms with Gasteiger partial charge in [0.15, 0.2) is 5.82 Å². The number of pyridine rings is 2. The molecule has 3 heterocycles. The summed E-state index contributed by atoms with van der Waals surface area (Å²) in [5.41, 5.74) is 0.342. The molecular weight excluding hydrogens is 659 g/mol. The fourth-order valence-electron chi connectivity index (χ4n) is 4.24. The molecule has 1 saturated carbocycles. The quantitative estimate of drug-likeness (QED) is 0.316. The Balaban J connectivity index is 1.44. The predicted molar refractivity (Wildman–Crippen MR) is 158 cm³/mol. The molecule has 0 spiro atoms. The maximum absolute atomic E-state index is 13.7. The zero-order valence-corrected chi connectivity index (χ0v) is 25.3. The molecule has 1 fully saturated rings. The summed E-state index contributed by atoms with van der Waals surface area (Å²) in [5, 5.41) is 11.6.